The number of fused-ring (bicyclic) bond motifs is 1. The molecule has 4 rings (SSSR count). The summed E-state index contributed by atoms with van der Waals surface area (Å²) >= 11 is 1.27. The van der Waals surface area contributed by atoms with Gasteiger partial charge in [-0.3, -0.25) is 4.79 Å². The Morgan fingerprint density at radius 3 is 2.40 bits per heavy atom. The van der Waals surface area contributed by atoms with Gasteiger partial charge in [0.1, 0.15) is 22.2 Å². The van der Waals surface area contributed by atoms with E-state index in [2.05, 4.69) is 26.0 Å². The monoisotopic (exact) mass is 490 g/mol. The Morgan fingerprint density at radius 2 is 1.74 bits per heavy atom. The second kappa shape index (κ2) is 10.6. The number of carbonyl (C=O) groups is 1. The van der Waals surface area contributed by atoms with Gasteiger partial charge in [0.2, 0.25) is 5.78 Å². The fourth-order valence-corrected chi connectivity index (χ4v) is 5.50. The van der Waals surface area contributed by atoms with E-state index in [9.17, 15) is 14.3 Å². The number of halogens is 1. The molecule has 182 valence electrons. The zero-order valence-electron chi connectivity index (χ0n) is 20.7. The smallest absolute Gasteiger partial charge is 0.207 e. The molecule has 3 nitrogen and oxygen atoms in total. The van der Waals surface area contributed by atoms with Gasteiger partial charge in [0.15, 0.2) is 5.75 Å². The average molecular weight is 491 g/mol. The van der Waals surface area contributed by atoms with Gasteiger partial charge in [-0.2, -0.15) is 0 Å². The molecule has 1 unspecified atom stereocenters. The predicted molar refractivity (Wildman–Crippen MR) is 142 cm³/mol. The van der Waals surface area contributed by atoms with Crippen LogP contribution in [0.5, 0.6) is 17.2 Å². The first-order valence-corrected chi connectivity index (χ1v) is 12.9. The highest BCUT2D eigenvalue weighted by Gasteiger charge is 2.25. The standard InChI is InChI=1S/C30H31FO3S/c1-5-18(2)7-6-8-21-9-12-24(13-10-21)34-29-25-14-11-23(32)17-26(25)35-30(29)28(33)27-19(3)15-22(31)16-20(27)4/h9-18,32H,5-8H2,1-4H3. The van der Waals surface area contributed by atoms with Gasteiger partial charge in [0, 0.05) is 15.6 Å². The predicted octanol–water partition coefficient (Wildman–Crippen LogP) is 8.75. The Bertz CT molecular complexity index is 1330. The second-order valence-electron chi connectivity index (χ2n) is 9.34. The topological polar surface area (TPSA) is 46.5 Å². The molecule has 0 amide bonds. The Kier molecular flexibility index (Phi) is 7.56. The van der Waals surface area contributed by atoms with Crippen LogP contribution < -0.4 is 4.74 Å². The number of thiophene rings is 1. The molecule has 0 saturated heterocycles. The first-order valence-electron chi connectivity index (χ1n) is 12.1. The summed E-state index contributed by atoms with van der Waals surface area (Å²) < 4.78 is 20.9. The maximum Gasteiger partial charge on any atom is 0.207 e. The van der Waals surface area contributed by atoms with E-state index in [0.717, 1.165) is 28.8 Å². The lowest BCUT2D eigenvalue weighted by Gasteiger charge is -2.12. The normalized spacial score (nSPS) is 12.1. The molecule has 0 fully saturated rings. The van der Waals surface area contributed by atoms with Crippen molar-refractivity contribution in [1.29, 1.82) is 0 Å². The van der Waals surface area contributed by atoms with Crippen molar-refractivity contribution in [1.82, 2.24) is 0 Å². The van der Waals surface area contributed by atoms with Crippen LogP contribution in [-0.4, -0.2) is 10.9 Å². The molecule has 1 N–H and O–H groups in total. The van der Waals surface area contributed by atoms with Crippen molar-refractivity contribution in [3.63, 3.8) is 0 Å². The van der Waals surface area contributed by atoms with E-state index in [1.807, 2.05) is 12.1 Å². The largest absolute Gasteiger partial charge is 0.508 e. The van der Waals surface area contributed by atoms with Crippen molar-refractivity contribution in [3.05, 3.63) is 87.5 Å². The molecule has 5 heteroatoms. The van der Waals surface area contributed by atoms with E-state index in [0.29, 0.717) is 33.1 Å². The molecule has 1 aromatic heterocycles. The quantitative estimate of drug-likeness (QED) is 0.239. The van der Waals surface area contributed by atoms with Crippen molar-refractivity contribution in [2.75, 3.05) is 0 Å². The third-order valence-electron chi connectivity index (χ3n) is 6.56. The summed E-state index contributed by atoms with van der Waals surface area (Å²) in [6.07, 6.45) is 4.61. The van der Waals surface area contributed by atoms with Crippen LogP contribution in [0.2, 0.25) is 0 Å². The average Bonchev–Trinajstić information content (AvgIpc) is 3.16. The highest BCUT2D eigenvalue weighted by atomic mass is 32.1. The number of carbonyl (C=O) groups excluding carboxylic acids is 1. The number of ether oxygens (including phenoxy) is 1. The lowest BCUT2D eigenvalue weighted by molar-refractivity contribution is 0.103. The molecule has 4 aromatic rings. The van der Waals surface area contributed by atoms with Crippen molar-refractivity contribution >= 4 is 27.2 Å². The van der Waals surface area contributed by atoms with Crippen LogP contribution in [0.3, 0.4) is 0 Å². The van der Waals surface area contributed by atoms with Gasteiger partial charge < -0.3 is 9.84 Å². The molecule has 0 spiro atoms. The maximum atomic E-state index is 13.9. The summed E-state index contributed by atoms with van der Waals surface area (Å²) in [4.78, 5) is 14.1. The third kappa shape index (κ3) is 5.57. The van der Waals surface area contributed by atoms with Crippen LogP contribution in [0.25, 0.3) is 10.1 Å². The van der Waals surface area contributed by atoms with Gasteiger partial charge in [0.05, 0.1) is 0 Å². The van der Waals surface area contributed by atoms with E-state index in [4.69, 9.17) is 4.74 Å². The van der Waals surface area contributed by atoms with Gasteiger partial charge in [-0.25, -0.2) is 4.39 Å². The molecule has 0 radical (unpaired) electrons. The molecule has 35 heavy (non-hydrogen) atoms. The van der Waals surface area contributed by atoms with E-state index in [1.165, 1.54) is 41.9 Å². The van der Waals surface area contributed by atoms with Crippen LogP contribution in [0.1, 0.15) is 65.0 Å². The first kappa shape index (κ1) is 24.9. The Labute approximate surface area is 210 Å². The van der Waals surface area contributed by atoms with Gasteiger partial charge >= 0.3 is 0 Å². The van der Waals surface area contributed by atoms with Gasteiger partial charge in [-0.1, -0.05) is 38.8 Å². The number of aryl methyl sites for hydroxylation is 3. The molecule has 0 aliphatic heterocycles. The minimum atomic E-state index is -0.362. The maximum absolute atomic E-state index is 13.9. The van der Waals surface area contributed by atoms with E-state index < -0.39 is 0 Å². The highest BCUT2D eigenvalue weighted by molar-refractivity contribution is 7.21. The molecule has 1 atom stereocenters. The molecular weight excluding hydrogens is 459 g/mol. The molecule has 0 bridgehead atoms. The molecule has 3 aromatic carbocycles. The Morgan fingerprint density at radius 1 is 1.06 bits per heavy atom. The van der Waals surface area contributed by atoms with Crippen molar-refractivity contribution < 1.29 is 19.0 Å². The van der Waals surface area contributed by atoms with Crippen molar-refractivity contribution in [2.45, 2.75) is 53.4 Å². The number of rotatable bonds is 9. The lowest BCUT2D eigenvalue weighted by Crippen LogP contribution is -2.06. The minimum Gasteiger partial charge on any atom is -0.508 e. The summed E-state index contributed by atoms with van der Waals surface area (Å²) in [6.45, 7) is 7.99. The zero-order chi connectivity index (χ0) is 25.1. The SMILES string of the molecule is CCC(C)CCCc1ccc(Oc2c(C(=O)c3c(C)cc(F)cc3C)sc3cc(O)ccc23)cc1. The summed E-state index contributed by atoms with van der Waals surface area (Å²) in [6, 6.07) is 15.8. The van der Waals surface area contributed by atoms with Crippen LogP contribution >= 0.6 is 11.3 Å². The Balaban J connectivity index is 1.66. The molecular formula is C30H31FO3S. The molecule has 1 heterocycles. The fraction of sp³-hybridized carbons (Fsp3) is 0.300. The lowest BCUT2D eigenvalue weighted by atomic mass is 9.97. The van der Waals surface area contributed by atoms with Crippen LogP contribution in [0.15, 0.2) is 54.6 Å². The Hall–Kier alpha value is -3.18. The fourth-order valence-electron chi connectivity index (χ4n) is 4.40. The van der Waals surface area contributed by atoms with E-state index in [-0.39, 0.29) is 17.3 Å². The summed E-state index contributed by atoms with van der Waals surface area (Å²) in [5, 5.41) is 10.7. The summed E-state index contributed by atoms with van der Waals surface area (Å²) in [5.74, 6) is 1.40. The summed E-state index contributed by atoms with van der Waals surface area (Å²) in [5.41, 5.74) is 2.90. The summed E-state index contributed by atoms with van der Waals surface area (Å²) in [7, 11) is 0. The van der Waals surface area contributed by atoms with Crippen LogP contribution in [0, 0.1) is 25.6 Å². The van der Waals surface area contributed by atoms with Crippen molar-refractivity contribution in [3.8, 4) is 17.2 Å². The number of hydrogen-bond donors (Lipinski definition) is 1. The zero-order valence-corrected chi connectivity index (χ0v) is 21.5. The van der Waals surface area contributed by atoms with Gasteiger partial charge in [0.25, 0.3) is 0 Å². The number of aromatic hydroxyl groups is 1. The van der Waals surface area contributed by atoms with Crippen LogP contribution in [0.4, 0.5) is 4.39 Å². The van der Waals surface area contributed by atoms with E-state index in [1.54, 1.807) is 32.0 Å². The van der Waals surface area contributed by atoms with Crippen LogP contribution in [-0.2, 0) is 6.42 Å². The molecule has 0 aliphatic carbocycles. The van der Waals surface area contributed by atoms with Gasteiger partial charge in [-0.15, -0.1) is 11.3 Å². The number of hydrogen-bond acceptors (Lipinski definition) is 4. The van der Waals surface area contributed by atoms with Gasteiger partial charge in [-0.05, 0) is 91.8 Å². The van der Waals surface area contributed by atoms with Crippen molar-refractivity contribution in [2.24, 2.45) is 5.92 Å². The number of ketones is 1. The second-order valence-corrected chi connectivity index (χ2v) is 10.4. The third-order valence-corrected chi connectivity index (χ3v) is 7.69. The number of phenols is 1. The minimum absolute atomic E-state index is 0.125. The number of benzene rings is 3. The number of phenolic OH excluding ortho intramolecular Hbond substituents is 1. The molecule has 0 saturated carbocycles. The highest BCUT2D eigenvalue weighted by Crippen LogP contribution is 2.43. The van der Waals surface area contributed by atoms with E-state index >= 15 is 0 Å². The first-order chi connectivity index (χ1) is 16.8. The molecule has 0 aliphatic rings.